The molecule has 0 saturated heterocycles. The predicted molar refractivity (Wildman–Crippen MR) is 38.6 cm³/mol. The van der Waals surface area contributed by atoms with Gasteiger partial charge in [-0.2, -0.15) is 4.39 Å². The van der Waals surface area contributed by atoms with Gasteiger partial charge in [-0.05, 0) is 28.1 Å². The molecule has 0 spiro atoms. The van der Waals surface area contributed by atoms with Crippen LogP contribution in [-0.4, -0.2) is 11.3 Å². The van der Waals surface area contributed by atoms with Crippen LogP contribution in [0.4, 0.5) is 17.6 Å². The summed E-state index contributed by atoms with van der Waals surface area (Å²) >= 11 is 2.79. The van der Waals surface area contributed by atoms with Gasteiger partial charge in [0.05, 0.1) is 0 Å². The van der Waals surface area contributed by atoms with Crippen LogP contribution in [-0.2, 0) is 0 Å². The van der Waals surface area contributed by atoms with Crippen LogP contribution >= 0.6 is 15.9 Å². The highest BCUT2D eigenvalue weighted by Crippen LogP contribution is 2.25. The summed E-state index contributed by atoms with van der Waals surface area (Å²) in [5, 5.41) is 0. The SMILES string of the molecule is Fc1nc(Br)ccc1OC(F)(F)F. The van der Waals surface area contributed by atoms with Crippen LogP contribution in [0.5, 0.6) is 5.75 Å². The summed E-state index contributed by atoms with van der Waals surface area (Å²) in [6, 6.07) is 1.98. The maximum Gasteiger partial charge on any atom is 0.573 e. The lowest BCUT2D eigenvalue weighted by molar-refractivity contribution is -0.275. The van der Waals surface area contributed by atoms with E-state index in [1.807, 2.05) is 0 Å². The van der Waals surface area contributed by atoms with Crippen LogP contribution in [0.2, 0.25) is 0 Å². The van der Waals surface area contributed by atoms with Gasteiger partial charge in [0.15, 0.2) is 5.75 Å². The molecule has 1 heterocycles. The zero-order valence-corrected chi connectivity index (χ0v) is 7.49. The van der Waals surface area contributed by atoms with Crippen LogP contribution in [0.1, 0.15) is 0 Å². The zero-order chi connectivity index (χ0) is 10.1. The van der Waals surface area contributed by atoms with Crippen molar-refractivity contribution in [2.45, 2.75) is 6.36 Å². The second-order valence-corrected chi connectivity index (χ2v) is 2.78. The van der Waals surface area contributed by atoms with Crippen molar-refractivity contribution in [1.82, 2.24) is 4.98 Å². The molecule has 0 radical (unpaired) electrons. The van der Waals surface area contributed by atoms with Gasteiger partial charge in [0, 0.05) is 0 Å². The van der Waals surface area contributed by atoms with Crippen molar-refractivity contribution < 1.29 is 22.3 Å². The second kappa shape index (κ2) is 3.49. The molecule has 0 bridgehead atoms. The number of aromatic nitrogens is 1. The van der Waals surface area contributed by atoms with Crippen molar-refractivity contribution >= 4 is 15.9 Å². The largest absolute Gasteiger partial charge is 0.573 e. The average Bonchev–Trinajstić information content (AvgIpc) is 1.93. The highest BCUT2D eigenvalue weighted by atomic mass is 79.9. The fourth-order valence-corrected chi connectivity index (χ4v) is 0.888. The van der Waals surface area contributed by atoms with Crippen molar-refractivity contribution in [3.05, 3.63) is 22.7 Å². The molecule has 0 aromatic carbocycles. The van der Waals surface area contributed by atoms with Crippen LogP contribution in [0.3, 0.4) is 0 Å². The maximum atomic E-state index is 12.6. The summed E-state index contributed by atoms with van der Waals surface area (Å²) in [6.07, 6.45) is -4.91. The summed E-state index contributed by atoms with van der Waals surface area (Å²) < 4.78 is 50.8. The van der Waals surface area contributed by atoms with E-state index in [0.717, 1.165) is 12.1 Å². The first-order chi connectivity index (χ1) is 5.88. The number of pyridine rings is 1. The Morgan fingerprint density at radius 3 is 2.38 bits per heavy atom. The molecule has 0 aliphatic heterocycles. The lowest BCUT2D eigenvalue weighted by Gasteiger charge is -2.08. The molecule has 0 saturated carbocycles. The van der Waals surface area contributed by atoms with E-state index in [1.165, 1.54) is 0 Å². The molecular weight excluding hydrogens is 258 g/mol. The van der Waals surface area contributed by atoms with Crippen LogP contribution in [0, 0.1) is 5.95 Å². The van der Waals surface area contributed by atoms with Gasteiger partial charge in [0.25, 0.3) is 5.95 Å². The summed E-state index contributed by atoms with van der Waals surface area (Å²) in [5.74, 6) is -2.26. The Morgan fingerprint density at radius 1 is 1.31 bits per heavy atom. The monoisotopic (exact) mass is 259 g/mol. The summed E-state index contributed by atoms with van der Waals surface area (Å²) in [4.78, 5) is 3.08. The van der Waals surface area contributed by atoms with E-state index in [2.05, 4.69) is 25.7 Å². The molecule has 0 N–H and O–H groups in total. The van der Waals surface area contributed by atoms with Crippen LogP contribution in [0.15, 0.2) is 16.7 Å². The molecule has 1 rings (SSSR count). The lowest BCUT2D eigenvalue weighted by Crippen LogP contribution is -2.18. The van der Waals surface area contributed by atoms with E-state index in [0.29, 0.717) is 0 Å². The van der Waals surface area contributed by atoms with Gasteiger partial charge in [0.1, 0.15) is 4.60 Å². The Balaban J connectivity index is 2.90. The van der Waals surface area contributed by atoms with Crippen molar-refractivity contribution in [2.24, 2.45) is 0 Å². The standard InChI is InChI=1S/C6H2BrF4NO/c7-4-2-1-3(5(8)12-4)13-6(9,10)11/h1-2H. The minimum Gasteiger partial charge on any atom is -0.401 e. The molecule has 1 aromatic rings. The number of hydrogen-bond donors (Lipinski definition) is 0. The first-order valence-electron chi connectivity index (χ1n) is 2.96. The van der Waals surface area contributed by atoms with Gasteiger partial charge in [-0.3, -0.25) is 0 Å². The van der Waals surface area contributed by atoms with E-state index in [4.69, 9.17) is 0 Å². The molecule has 0 unspecified atom stereocenters. The predicted octanol–water partition coefficient (Wildman–Crippen LogP) is 2.88. The van der Waals surface area contributed by atoms with Gasteiger partial charge >= 0.3 is 6.36 Å². The molecular formula is C6H2BrF4NO. The highest BCUT2D eigenvalue weighted by molar-refractivity contribution is 9.10. The van der Waals surface area contributed by atoms with E-state index in [9.17, 15) is 17.6 Å². The Kier molecular flexibility index (Phi) is 2.74. The molecule has 0 amide bonds. The number of rotatable bonds is 1. The highest BCUT2D eigenvalue weighted by Gasteiger charge is 2.32. The van der Waals surface area contributed by atoms with Crippen molar-refractivity contribution in [2.75, 3.05) is 0 Å². The number of alkyl halides is 3. The first-order valence-corrected chi connectivity index (χ1v) is 3.75. The van der Waals surface area contributed by atoms with Crippen molar-refractivity contribution in [3.63, 3.8) is 0 Å². The molecule has 2 nitrogen and oxygen atoms in total. The van der Waals surface area contributed by atoms with Gasteiger partial charge in [-0.1, -0.05) is 0 Å². The van der Waals surface area contributed by atoms with E-state index >= 15 is 0 Å². The molecule has 7 heteroatoms. The van der Waals surface area contributed by atoms with E-state index in [-0.39, 0.29) is 4.60 Å². The molecule has 13 heavy (non-hydrogen) atoms. The first kappa shape index (κ1) is 10.2. The average molecular weight is 260 g/mol. The summed E-state index contributed by atoms with van der Waals surface area (Å²) in [5.41, 5.74) is 0. The molecule has 72 valence electrons. The van der Waals surface area contributed by atoms with E-state index in [1.54, 1.807) is 0 Å². The number of nitrogens with zero attached hydrogens (tertiary/aromatic N) is 1. The second-order valence-electron chi connectivity index (χ2n) is 1.97. The van der Waals surface area contributed by atoms with Gasteiger partial charge in [-0.15, -0.1) is 13.2 Å². The van der Waals surface area contributed by atoms with Gasteiger partial charge in [0.2, 0.25) is 0 Å². The Bertz CT molecular complexity index is 314. The normalized spacial score (nSPS) is 11.5. The van der Waals surface area contributed by atoms with Crippen molar-refractivity contribution in [3.8, 4) is 5.75 Å². The third-order valence-electron chi connectivity index (χ3n) is 1.01. The van der Waals surface area contributed by atoms with Crippen LogP contribution in [0.25, 0.3) is 0 Å². The number of hydrogen-bond acceptors (Lipinski definition) is 2. The third kappa shape index (κ3) is 3.17. The molecule has 0 fully saturated rings. The Hall–Kier alpha value is -0.850. The molecule has 0 aliphatic carbocycles. The summed E-state index contributed by atoms with van der Waals surface area (Å²) in [6.45, 7) is 0. The van der Waals surface area contributed by atoms with Crippen LogP contribution < -0.4 is 4.74 Å². The van der Waals surface area contributed by atoms with Crippen molar-refractivity contribution in [1.29, 1.82) is 0 Å². The lowest BCUT2D eigenvalue weighted by atomic mass is 10.4. The van der Waals surface area contributed by atoms with E-state index < -0.39 is 18.1 Å². The third-order valence-corrected chi connectivity index (χ3v) is 1.45. The topological polar surface area (TPSA) is 22.1 Å². The Morgan fingerprint density at radius 2 is 1.92 bits per heavy atom. The fraction of sp³-hybridized carbons (Fsp3) is 0.167. The fourth-order valence-electron chi connectivity index (χ4n) is 0.600. The molecule has 0 atom stereocenters. The number of ether oxygens (including phenoxy) is 1. The quantitative estimate of drug-likeness (QED) is 0.572. The minimum absolute atomic E-state index is 0.0968. The van der Waals surface area contributed by atoms with Gasteiger partial charge in [-0.25, -0.2) is 4.98 Å². The summed E-state index contributed by atoms with van der Waals surface area (Å²) in [7, 11) is 0. The zero-order valence-electron chi connectivity index (χ0n) is 5.90. The smallest absolute Gasteiger partial charge is 0.401 e. The van der Waals surface area contributed by atoms with Gasteiger partial charge < -0.3 is 4.74 Å². The number of halogens is 5. The minimum atomic E-state index is -4.91. The Labute approximate surface area is 78.7 Å². The maximum absolute atomic E-state index is 12.6. The molecule has 1 aromatic heterocycles. The molecule has 0 aliphatic rings.